The Balaban J connectivity index is 1.71. The largest absolute Gasteiger partial charge is 0.379 e. The van der Waals surface area contributed by atoms with Crippen LogP contribution in [0.1, 0.15) is 30.7 Å². The van der Waals surface area contributed by atoms with Crippen molar-refractivity contribution < 1.29 is 4.74 Å². The van der Waals surface area contributed by atoms with Gasteiger partial charge in [-0.25, -0.2) is 0 Å². The Morgan fingerprint density at radius 1 is 1.32 bits per heavy atom. The molecule has 1 aromatic rings. The summed E-state index contributed by atoms with van der Waals surface area (Å²) in [7, 11) is 0. The maximum absolute atomic E-state index is 6.08. The minimum atomic E-state index is 0.0990. The Labute approximate surface area is 115 Å². The van der Waals surface area contributed by atoms with Crippen LogP contribution >= 0.6 is 0 Å². The summed E-state index contributed by atoms with van der Waals surface area (Å²) in [6.07, 6.45) is 3.57. The smallest absolute Gasteiger partial charge is 0.0662 e. The van der Waals surface area contributed by atoms with E-state index in [0.29, 0.717) is 12.5 Å². The monoisotopic (exact) mass is 260 g/mol. The van der Waals surface area contributed by atoms with Gasteiger partial charge in [-0.1, -0.05) is 30.3 Å². The molecule has 2 heterocycles. The fraction of sp³-hybridized carbons (Fsp3) is 0.625. The van der Waals surface area contributed by atoms with Gasteiger partial charge in [-0.2, -0.15) is 0 Å². The summed E-state index contributed by atoms with van der Waals surface area (Å²) in [6, 6.07) is 10.9. The normalized spacial score (nSPS) is 32.6. The maximum atomic E-state index is 6.08. The molecule has 19 heavy (non-hydrogen) atoms. The molecule has 2 aliphatic heterocycles. The molecule has 0 spiro atoms. The van der Waals surface area contributed by atoms with Gasteiger partial charge in [0.2, 0.25) is 0 Å². The molecular weight excluding hydrogens is 236 g/mol. The lowest BCUT2D eigenvalue weighted by molar-refractivity contribution is -0.0358. The number of nitrogens with zero attached hydrogens (tertiary/aromatic N) is 1. The van der Waals surface area contributed by atoms with E-state index < -0.39 is 0 Å². The van der Waals surface area contributed by atoms with E-state index in [1.807, 2.05) is 0 Å². The first-order valence-corrected chi connectivity index (χ1v) is 7.42. The average molecular weight is 260 g/mol. The van der Waals surface area contributed by atoms with E-state index >= 15 is 0 Å². The summed E-state index contributed by atoms with van der Waals surface area (Å²) in [5.74, 6) is 0.659. The number of hydrogen-bond acceptors (Lipinski definition) is 3. The Bertz CT molecular complexity index is 400. The van der Waals surface area contributed by atoms with Crippen LogP contribution in [0.3, 0.4) is 0 Å². The Morgan fingerprint density at radius 2 is 2.16 bits per heavy atom. The molecule has 2 fully saturated rings. The maximum Gasteiger partial charge on any atom is 0.0662 e. The van der Waals surface area contributed by atoms with E-state index in [4.69, 9.17) is 10.5 Å². The summed E-state index contributed by atoms with van der Waals surface area (Å²) in [6.45, 7) is 4.71. The van der Waals surface area contributed by atoms with Crippen LogP contribution in [0.4, 0.5) is 0 Å². The molecule has 2 atom stereocenters. The molecule has 0 radical (unpaired) electrons. The topological polar surface area (TPSA) is 38.5 Å². The third-order valence-electron chi connectivity index (χ3n) is 4.81. The number of ether oxygens (including phenoxy) is 1. The Hall–Kier alpha value is -0.900. The van der Waals surface area contributed by atoms with Crippen molar-refractivity contribution in [3.8, 4) is 0 Å². The highest BCUT2D eigenvalue weighted by Gasteiger charge is 2.41. The van der Waals surface area contributed by atoms with Gasteiger partial charge in [-0.15, -0.1) is 0 Å². The fourth-order valence-electron chi connectivity index (χ4n) is 3.57. The highest BCUT2D eigenvalue weighted by molar-refractivity contribution is 5.21. The molecule has 104 valence electrons. The minimum Gasteiger partial charge on any atom is -0.379 e. The molecule has 3 rings (SSSR count). The fourth-order valence-corrected chi connectivity index (χ4v) is 3.57. The second-order valence-corrected chi connectivity index (χ2v) is 5.93. The Morgan fingerprint density at radius 3 is 2.84 bits per heavy atom. The second-order valence-electron chi connectivity index (χ2n) is 5.93. The third-order valence-corrected chi connectivity index (χ3v) is 4.81. The van der Waals surface area contributed by atoms with Crippen molar-refractivity contribution in [2.24, 2.45) is 5.73 Å². The van der Waals surface area contributed by atoms with Crippen LogP contribution in [0.5, 0.6) is 0 Å². The number of rotatable bonds is 3. The standard InChI is InChI=1S/C16H24N2O/c17-12-16(8-4-10-19-13-16)18-9-7-15(11-18)14-5-2-1-3-6-14/h1-3,5-6,15H,4,7-13,17H2. The number of likely N-dealkylation sites (tertiary alicyclic amines) is 1. The molecule has 1 aromatic carbocycles. The summed E-state index contributed by atoms with van der Waals surface area (Å²) in [5.41, 5.74) is 7.65. The predicted octanol–water partition coefficient (Wildman–Crippen LogP) is 1.98. The van der Waals surface area contributed by atoms with Gasteiger partial charge in [0.05, 0.1) is 12.1 Å². The zero-order valence-electron chi connectivity index (χ0n) is 11.6. The quantitative estimate of drug-likeness (QED) is 0.903. The van der Waals surface area contributed by atoms with Gasteiger partial charge in [0.25, 0.3) is 0 Å². The van der Waals surface area contributed by atoms with Gasteiger partial charge < -0.3 is 10.5 Å². The highest BCUT2D eigenvalue weighted by atomic mass is 16.5. The minimum absolute atomic E-state index is 0.0990. The van der Waals surface area contributed by atoms with Crippen LogP contribution in [0, 0.1) is 0 Å². The van der Waals surface area contributed by atoms with E-state index in [-0.39, 0.29) is 5.54 Å². The van der Waals surface area contributed by atoms with Gasteiger partial charge in [0.15, 0.2) is 0 Å². The van der Waals surface area contributed by atoms with Crippen LogP contribution in [0.2, 0.25) is 0 Å². The number of hydrogen-bond donors (Lipinski definition) is 1. The van der Waals surface area contributed by atoms with Crippen LogP contribution < -0.4 is 5.73 Å². The van der Waals surface area contributed by atoms with Crippen molar-refractivity contribution >= 4 is 0 Å². The molecule has 3 heteroatoms. The van der Waals surface area contributed by atoms with Gasteiger partial charge in [-0.05, 0) is 37.3 Å². The van der Waals surface area contributed by atoms with Gasteiger partial charge >= 0.3 is 0 Å². The lowest BCUT2D eigenvalue weighted by Gasteiger charge is -2.43. The molecule has 2 aliphatic rings. The van der Waals surface area contributed by atoms with Crippen LogP contribution in [0.15, 0.2) is 30.3 Å². The zero-order valence-corrected chi connectivity index (χ0v) is 11.6. The SMILES string of the molecule is NCC1(N2CCC(c3ccccc3)C2)CCCOC1. The molecule has 0 aromatic heterocycles. The second kappa shape index (κ2) is 5.61. The van der Waals surface area contributed by atoms with Gasteiger partial charge in [-0.3, -0.25) is 4.90 Å². The summed E-state index contributed by atoms with van der Waals surface area (Å²) in [4.78, 5) is 2.59. The van der Waals surface area contributed by atoms with Crippen molar-refractivity contribution in [3.63, 3.8) is 0 Å². The molecule has 2 N–H and O–H groups in total. The van der Waals surface area contributed by atoms with E-state index in [2.05, 4.69) is 35.2 Å². The number of benzene rings is 1. The molecule has 0 bridgehead atoms. The lowest BCUT2D eigenvalue weighted by atomic mass is 9.90. The summed E-state index contributed by atoms with van der Waals surface area (Å²) in [5, 5.41) is 0. The van der Waals surface area contributed by atoms with Crippen molar-refractivity contribution in [1.29, 1.82) is 0 Å². The molecule has 0 saturated carbocycles. The van der Waals surface area contributed by atoms with Crippen LogP contribution in [-0.2, 0) is 4.74 Å². The summed E-state index contributed by atoms with van der Waals surface area (Å²) >= 11 is 0. The first-order chi connectivity index (χ1) is 9.34. The molecule has 0 amide bonds. The van der Waals surface area contributed by atoms with Gasteiger partial charge in [0.1, 0.15) is 0 Å². The first-order valence-electron chi connectivity index (χ1n) is 7.42. The van der Waals surface area contributed by atoms with E-state index in [0.717, 1.165) is 32.7 Å². The van der Waals surface area contributed by atoms with Crippen molar-refractivity contribution in [1.82, 2.24) is 4.90 Å². The van der Waals surface area contributed by atoms with Crippen molar-refractivity contribution in [2.45, 2.75) is 30.7 Å². The van der Waals surface area contributed by atoms with Crippen LogP contribution in [0.25, 0.3) is 0 Å². The predicted molar refractivity (Wildman–Crippen MR) is 77.2 cm³/mol. The summed E-state index contributed by atoms with van der Waals surface area (Å²) < 4.78 is 5.71. The van der Waals surface area contributed by atoms with E-state index in [1.165, 1.54) is 18.4 Å². The van der Waals surface area contributed by atoms with Crippen molar-refractivity contribution in [3.05, 3.63) is 35.9 Å². The molecule has 3 nitrogen and oxygen atoms in total. The molecular formula is C16H24N2O. The number of nitrogens with two attached hydrogens (primary N) is 1. The van der Waals surface area contributed by atoms with E-state index in [9.17, 15) is 0 Å². The first kappa shape index (κ1) is 13.1. The zero-order chi connectivity index (χ0) is 13.1. The lowest BCUT2D eigenvalue weighted by Crippen LogP contribution is -2.57. The highest BCUT2D eigenvalue weighted by Crippen LogP contribution is 2.34. The average Bonchev–Trinajstić information content (AvgIpc) is 2.99. The third kappa shape index (κ3) is 2.55. The molecule has 0 aliphatic carbocycles. The molecule has 2 unspecified atom stereocenters. The van der Waals surface area contributed by atoms with E-state index in [1.54, 1.807) is 0 Å². The van der Waals surface area contributed by atoms with Crippen LogP contribution in [-0.4, -0.2) is 43.3 Å². The van der Waals surface area contributed by atoms with Crippen molar-refractivity contribution in [2.75, 3.05) is 32.8 Å². The molecule has 2 saturated heterocycles. The Kier molecular flexibility index (Phi) is 3.87. The van der Waals surface area contributed by atoms with Gasteiger partial charge in [0, 0.05) is 19.7 Å².